The average molecular weight is 248 g/mol. The molecule has 1 aliphatic carbocycles. The Hall–Kier alpha value is -1.09. The largest absolute Gasteiger partial charge is 0.387 e. The number of pyridine rings is 1. The molecule has 18 heavy (non-hydrogen) atoms. The monoisotopic (exact) mass is 248 g/mol. The molecule has 1 fully saturated rings. The molecule has 2 rings (SSSR count). The van der Waals surface area contributed by atoms with Crippen LogP contribution in [0.1, 0.15) is 57.7 Å². The molecule has 1 aromatic heterocycles. The topological polar surface area (TPSA) is 36.4 Å². The maximum absolute atomic E-state index is 9.75. The van der Waals surface area contributed by atoms with Crippen LogP contribution >= 0.6 is 0 Å². The van der Waals surface area contributed by atoms with E-state index in [1.54, 1.807) is 0 Å². The lowest BCUT2D eigenvalue weighted by molar-refractivity contribution is 0.169. The van der Waals surface area contributed by atoms with Crippen LogP contribution in [0.4, 0.5) is 5.69 Å². The molecule has 100 valence electrons. The van der Waals surface area contributed by atoms with Crippen LogP contribution in [-0.2, 0) is 0 Å². The van der Waals surface area contributed by atoms with Crippen molar-refractivity contribution in [3.63, 3.8) is 0 Å². The fourth-order valence-electron chi connectivity index (χ4n) is 2.21. The Morgan fingerprint density at radius 1 is 1.39 bits per heavy atom. The summed E-state index contributed by atoms with van der Waals surface area (Å²) in [6.45, 7) is 5.32. The zero-order valence-corrected chi connectivity index (χ0v) is 11.5. The molecule has 1 aliphatic rings. The molecule has 0 radical (unpaired) electrons. The lowest BCUT2D eigenvalue weighted by Gasteiger charge is -2.24. The minimum absolute atomic E-state index is 0.427. The van der Waals surface area contributed by atoms with Crippen molar-refractivity contribution in [2.75, 3.05) is 11.4 Å². The molecule has 0 aliphatic heterocycles. The molecule has 1 unspecified atom stereocenters. The number of hydrogen-bond donors (Lipinski definition) is 1. The highest BCUT2D eigenvalue weighted by atomic mass is 16.3. The fourth-order valence-corrected chi connectivity index (χ4v) is 2.21. The number of nitrogens with zero attached hydrogens (tertiary/aromatic N) is 2. The van der Waals surface area contributed by atoms with Gasteiger partial charge in [-0.25, -0.2) is 0 Å². The maximum atomic E-state index is 9.75. The zero-order chi connectivity index (χ0) is 13.0. The molecule has 0 saturated heterocycles. The standard InChI is InChI=1S/C15H24N2O/c1-3-5-10-17(12-6-7-12)13-8-9-14(16-11-13)15(18)4-2/h8-9,11-12,15,18H,3-7,10H2,1-2H3. The van der Waals surface area contributed by atoms with Gasteiger partial charge in [0.05, 0.1) is 23.7 Å². The van der Waals surface area contributed by atoms with E-state index in [1.165, 1.54) is 31.4 Å². The van der Waals surface area contributed by atoms with Gasteiger partial charge >= 0.3 is 0 Å². The van der Waals surface area contributed by atoms with Crippen molar-refractivity contribution in [3.8, 4) is 0 Å². The van der Waals surface area contributed by atoms with Gasteiger partial charge in [0.1, 0.15) is 0 Å². The zero-order valence-electron chi connectivity index (χ0n) is 11.5. The molecule has 0 amide bonds. The quantitative estimate of drug-likeness (QED) is 0.804. The molecule has 1 saturated carbocycles. The summed E-state index contributed by atoms with van der Waals surface area (Å²) >= 11 is 0. The van der Waals surface area contributed by atoms with Gasteiger partial charge in [-0.15, -0.1) is 0 Å². The summed E-state index contributed by atoms with van der Waals surface area (Å²) < 4.78 is 0. The second kappa shape index (κ2) is 6.19. The predicted molar refractivity (Wildman–Crippen MR) is 74.8 cm³/mol. The van der Waals surface area contributed by atoms with Gasteiger partial charge in [0.25, 0.3) is 0 Å². The lowest BCUT2D eigenvalue weighted by atomic mass is 10.2. The minimum atomic E-state index is -0.427. The third kappa shape index (κ3) is 3.22. The Labute approximate surface area is 110 Å². The maximum Gasteiger partial charge on any atom is 0.0957 e. The molecule has 1 N–H and O–H groups in total. The average Bonchev–Trinajstić information content (AvgIpc) is 3.24. The Morgan fingerprint density at radius 3 is 2.67 bits per heavy atom. The summed E-state index contributed by atoms with van der Waals surface area (Å²) in [4.78, 5) is 6.87. The molecule has 1 heterocycles. The first-order valence-corrected chi connectivity index (χ1v) is 7.17. The molecule has 0 spiro atoms. The number of aromatic nitrogens is 1. The summed E-state index contributed by atoms with van der Waals surface area (Å²) in [5.74, 6) is 0. The number of rotatable bonds is 7. The molecule has 3 heteroatoms. The van der Waals surface area contributed by atoms with E-state index in [4.69, 9.17) is 0 Å². The van der Waals surface area contributed by atoms with E-state index in [0.29, 0.717) is 6.42 Å². The first-order valence-electron chi connectivity index (χ1n) is 7.17. The number of hydrogen-bond acceptors (Lipinski definition) is 3. The number of unbranched alkanes of at least 4 members (excludes halogenated alkanes) is 1. The smallest absolute Gasteiger partial charge is 0.0957 e. The molecule has 0 bridgehead atoms. The van der Waals surface area contributed by atoms with Crippen LogP contribution in [0.3, 0.4) is 0 Å². The summed E-state index contributed by atoms with van der Waals surface area (Å²) in [6, 6.07) is 4.79. The highest BCUT2D eigenvalue weighted by molar-refractivity contribution is 5.47. The van der Waals surface area contributed by atoms with Crippen molar-refractivity contribution < 1.29 is 5.11 Å². The van der Waals surface area contributed by atoms with Crippen LogP contribution in [-0.4, -0.2) is 22.7 Å². The Morgan fingerprint density at radius 2 is 2.17 bits per heavy atom. The summed E-state index contributed by atoms with van der Waals surface area (Å²) in [5.41, 5.74) is 1.99. The van der Waals surface area contributed by atoms with Crippen LogP contribution in [0.2, 0.25) is 0 Å². The number of aliphatic hydroxyl groups excluding tert-OH is 1. The van der Waals surface area contributed by atoms with Crippen LogP contribution in [0.5, 0.6) is 0 Å². The van der Waals surface area contributed by atoms with E-state index in [2.05, 4.69) is 22.9 Å². The van der Waals surface area contributed by atoms with Gasteiger partial charge in [-0.1, -0.05) is 20.3 Å². The van der Waals surface area contributed by atoms with Gasteiger partial charge in [-0.3, -0.25) is 4.98 Å². The van der Waals surface area contributed by atoms with Gasteiger partial charge in [0, 0.05) is 12.6 Å². The summed E-state index contributed by atoms with van der Waals surface area (Å²) in [5, 5.41) is 9.75. The highest BCUT2D eigenvalue weighted by Gasteiger charge is 2.28. The second-order valence-corrected chi connectivity index (χ2v) is 5.14. The van der Waals surface area contributed by atoms with E-state index < -0.39 is 6.10 Å². The molecule has 3 nitrogen and oxygen atoms in total. The van der Waals surface area contributed by atoms with Gasteiger partial charge in [0.2, 0.25) is 0 Å². The highest BCUT2D eigenvalue weighted by Crippen LogP contribution is 2.32. The van der Waals surface area contributed by atoms with Crippen molar-refractivity contribution in [2.45, 2.75) is 58.1 Å². The van der Waals surface area contributed by atoms with Gasteiger partial charge in [-0.2, -0.15) is 0 Å². The van der Waals surface area contributed by atoms with Crippen molar-refractivity contribution in [2.24, 2.45) is 0 Å². The Bertz CT molecular complexity index is 359. The fraction of sp³-hybridized carbons (Fsp3) is 0.667. The summed E-state index contributed by atoms with van der Waals surface area (Å²) in [6.07, 6.45) is 7.28. The molecule has 1 atom stereocenters. The van der Waals surface area contributed by atoms with Crippen LogP contribution < -0.4 is 4.90 Å². The van der Waals surface area contributed by atoms with Crippen molar-refractivity contribution in [3.05, 3.63) is 24.0 Å². The molecule has 0 aromatic carbocycles. The van der Waals surface area contributed by atoms with Crippen molar-refractivity contribution >= 4 is 5.69 Å². The Balaban J connectivity index is 2.05. The van der Waals surface area contributed by atoms with Crippen LogP contribution in [0.25, 0.3) is 0 Å². The van der Waals surface area contributed by atoms with Crippen molar-refractivity contribution in [1.82, 2.24) is 4.98 Å². The van der Waals surface area contributed by atoms with E-state index in [-0.39, 0.29) is 0 Å². The lowest BCUT2D eigenvalue weighted by Crippen LogP contribution is -2.26. The van der Waals surface area contributed by atoms with Crippen LogP contribution in [0, 0.1) is 0 Å². The van der Waals surface area contributed by atoms with Crippen LogP contribution in [0.15, 0.2) is 18.3 Å². The van der Waals surface area contributed by atoms with Gasteiger partial charge < -0.3 is 10.0 Å². The second-order valence-electron chi connectivity index (χ2n) is 5.14. The SMILES string of the molecule is CCCCN(c1ccc(C(O)CC)nc1)C1CC1. The molecular formula is C15H24N2O. The van der Waals surface area contributed by atoms with Crippen molar-refractivity contribution in [1.29, 1.82) is 0 Å². The van der Waals surface area contributed by atoms with E-state index >= 15 is 0 Å². The minimum Gasteiger partial charge on any atom is -0.387 e. The molecule has 1 aromatic rings. The van der Waals surface area contributed by atoms with E-state index in [9.17, 15) is 5.11 Å². The predicted octanol–water partition coefficient (Wildman–Crippen LogP) is 3.29. The normalized spacial score (nSPS) is 16.6. The van der Waals surface area contributed by atoms with E-state index in [1.807, 2.05) is 19.2 Å². The summed E-state index contributed by atoms with van der Waals surface area (Å²) in [7, 11) is 0. The van der Waals surface area contributed by atoms with Gasteiger partial charge in [-0.05, 0) is 37.8 Å². The first kappa shape index (κ1) is 13.3. The third-order valence-corrected chi connectivity index (χ3v) is 3.57. The number of anilines is 1. The van der Waals surface area contributed by atoms with Gasteiger partial charge in [0.15, 0.2) is 0 Å². The third-order valence-electron chi connectivity index (χ3n) is 3.57. The van der Waals surface area contributed by atoms with E-state index in [0.717, 1.165) is 18.3 Å². The first-order chi connectivity index (χ1) is 8.76. The molecular weight excluding hydrogens is 224 g/mol. The number of aliphatic hydroxyl groups is 1. The Kier molecular flexibility index (Phi) is 4.59.